The molecule has 7 N–H and O–H groups in total. The number of fused-ring (bicyclic) bond motifs is 1. The van der Waals surface area contributed by atoms with Crippen molar-refractivity contribution in [3.8, 4) is 12.3 Å². The Morgan fingerprint density at radius 2 is 1.89 bits per heavy atom. The van der Waals surface area contributed by atoms with Crippen LogP contribution in [0, 0.1) is 12.3 Å². The van der Waals surface area contributed by atoms with E-state index in [2.05, 4.69) is 39.5 Å². The van der Waals surface area contributed by atoms with Gasteiger partial charge in [0.25, 0.3) is 20.0 Å². The van der Waals surface area contributed by atoms with E-state index >= 15 is 0 Å². The zero-order valence-electron chi connectivity index (χ0n) is 23.8. The second-order valence-corrected chi connectivity index (χ2v) is 13.1. The third-order valence-corrected chi connectivity index (χ3v) is 9.59. The first kappa shape index (κ1) is 34.8. The number of nitrogens with one attached hydrogen (secondary N) is 1. The third-order valence-electron chi connectivity index (χ3n) is 7.02. The minimum Gasteiger partial charge on any atom is -0.756 e. The molecule has 1 amide bonds. The number of aliphatic hydroxyl groups is 3. The molecule has 20 nitrogen and oxygen atoms in total. The van der Waals surface area contributed by atoms with Crippen molar-refractivity contribution in [2.45, 2.75) is 49.1 Å². The molecule has 3 aromatic rings. The summed E-state index contributed by atoms with van der Waals surface area (Å²) in [5, 5.41) is 34.2. The fraction of sp³-hybridized carbons (Fsp3) is 0.458. The van der Waals surface area contributed by atoms with Crippen LogP contribution in [-0.2, 0) is 32.0 Å². The number of halogens is 1. The first-order valence-corrected chi connectivity index (χ1v) is 16.5. The van der Waals surface area contributed by atoms with Crippen LogP contribution in [-0.4, -0.2) is 102 Å². The molecule has 0 aliphatic carbocycles. The number of carbonyl (C=O) groups is 1. The SMILES string of the molecule is C#CCNc1ncnc2c1ncn2[C@@H]1O[C@H](COP(=O)(O)OP(=O)([O-])OC[C@H]2O[C@@H]([n+]3cccc(C(N)=O)c3)C(F)[C@H]2O)[C@@H](O)[C@H]1O. The Morgan fingerprint density at radius 1 is 1.17 bits per heavy atom. The van der Waals surface area contributed by atoms with Gasteiger partial charge in [-0.3, -0.25) is 18.5 Å². The predicted molar refractivity (Wildman–Crippen MR) is 149 cm³/mol. The number of rotatable bonds is 13. The zero-order chi connectivity index (χ0) is 34.1. The molecule has 3 unspecified atom stereocenters. The molecule has 10 atom stereocenters. The number of hydrogen-bond donors (Lipinski definition) is 6. The number of pyridine rings is 1. The molecule has 0 aromatic carbocycles. The maximum atomic E-state index is 14.8. The summed E-state index contributed by atoms with van der Waals surface area (Å²) in [7, 11) is -11.1. The zero-order valence-corrected chi connectivity index (χ0v) is 25.6. The number of anilines is 1. The second-order valence-electron chi connectivity index (χ2n) is 10.1. The Hall–Kier alpha value is -3.48. The Labute approximate surface area is 264 Å². The van der Waals surface area contributed by atoms with E-state index in [-0.39, 0.29) is 29.1 Å². The normalized spacial score (nSPS) is 30.1. The highest BCUT2D eigenvalue weighted by Gasteiger charge is 2.50. The summed E-state index contributed by atoms with van der Waals surface area (Å²) >= 11 is 0. The van der Waals surface area contributed by atoms with Gasteiger partial charge < -0.3 is 50.2 Å². The Bertz CT molecular complexity index is 1760. The second kappa shape index (κ2) is 13.9. The van der Waals surface area contributed by atoms with Crippen molar-refractivity contribution >= 4 is 38.5 Å². The minimum atomic E-state index is -5.67. The summed E-state index contributed by atoms with van der Waals surface area (Å²) in [6.45, 7) is -1.86. The molecule has 0 radical (unpaired) electrons. The van der Waals surface area contributed by atoms with Gasteiger partial charge in [-0.15, -0.1) is 6.42 Å². The molecule has 47 heavy (non-hydrogen) atoms. The lowest BCUT2D eigenvalue weighted by atomic mass is 10.1. The number of terminal acetylenes is 1. The van der Waals surface area contributed by atoms with Gasteiger partial charge in [-0.2, -0.15) is 4.57 Å². The number of nitrogens with zero attached hydrogens (tertiary/aromatic N) is 5. The van der Waals surface area contributed by atoms with Crippen LogP contribution in [0.15, 0.2) is 37.2 Å². The molecule has 5 rings (SSSR count). The number of primary amides is 1. The van der Waals surface area contributed by atoms with Crippen molar-refractivity contribution in [3.63, 3.8) is 0 Å². The molecule has 23 heteroatoms. The highest BCUT2D eigenvalue weighted by atomic mass is 31.3. The van der Waals surface area contributed by atoms with Crippen LogP contribution in [0.3, 0.4) is 0 Å². The van der Waals surface area contributed by atoms with E-state index in [0.717, 1.165) is 10.8 Å². The topological polar surface area (TPSA) is 287 Å². The van der Waals surface area contributed by atoms with Gasteiger partial charge in [0.2, 0.25) is 6.17 Å². The lowest BCUT2D eigenvalue weighted by molar-refractivity contribution is -0.764. The number of phosphoric acid groups is 2. The first-order chi connectivity index (χ1) is 22.2. The lowest BCUT2D eigenvalue weighted by Crippen LogP contribution is -2.45. The molecule has 0 spiro atoms. The smallest absolute Gasteiger partial charge is 0.478 e. The number of alkyl halides is 1. The fourth-order valence-corrected chi connectivity index (χ4v) is 6.84. The van der Waals surface area contributed by atoms with E-state index in [9.17, 15) is 43.4 Å². The van der Waals surface area contributed by atoms with Gasteiger partial charge in [-0.05, 0) is 6.07 Å². The van der Waals surface area contributed by atoms with E-state index in [1.54, 1.807) is 0 Å². The van der Waals surface area contributed by atoms with E-state index < -0.39 is 83.9 Å². The highest BCUT2D eigenvalue weighted by molar-refractivity contribution is 7.60. The quantitative estimate of drug-likeness (QED) is 0.0625. The molecular formula is C24H28FN7O13P2. The number of nitrogens with two attached hydrogens (primary N) is 1. The Kier molecular flexibility index (Phi) is 10.3. The molecule has 2 aliphatic rings. The van der Waals surface area contributed by atoms with E-state index in [1.807, 2.05) is 0 Å². The number of hydrogen-bond acceptors (Lipinski definition) is 16. The number of phosphoric ester groups is 2. The molecule has 3 aromatic heterocycles. The maximum absolute atomic E-state index is 14.8. The minimum absolute atomic E-state index is 0.00198. The maximum Gasteiger partial charge on any atom is 0.478 e. The molecule has 5 heterocycles. The van der Waals surface area contributed by atoms with Gasteiger partial charge in [0.05, 0.1) is 26.1 Å². The fourth-order valence-electron chi connectivity index (χ4n) is 4.78. The standard InChI is InChI=1S/C24H28FN7O13P2/c1-2-5-27-21-16-22(29-10-28-21)32(11-30-16)24-19(35)18(34)14(44-24)9-42-47(39,40)45-46(37,38)41-8-13-17(33)15(25)23(43-13)31-6-3-4-12(7-31)20(26)36/h1,3-4,6-7,10-11,13-15,17-19,23-24,33-35H,5,8-9H2,(H4-,26,27,28,29,36,37,38,39,40)/t13-,14-,15?,17+,18-,19-,23-,24-/m1/s1. The number of imidazole rings is 1. The van der Waals surface area contributed by atoms with E-state index in [4.69, 9.17) is 21.6 Å². The Balaban J connectivity index is 1.16. The van der Waals surface area contributed by atoms with Gasteiger partial charge in [0, 0.05) is 6.07 Å². The van der Waals surface area contributed by atoms with Gasteiger partial charge in [0.1, 0.15) is 42.4 Å². The Morgan fingerprint density at radius 3 is 2.62 bits per heavy atom. The van der Waals surface area contributed by atoms with Crippen molar-refractivity contribution in [3.05, 3.63) is 42.7 Å². The summed E-state index contributed by atoms with van der Waals surface area (Å²) in [5.74, 6) is 1.85. The molecule has 0 saturated carbocycles. The molecule has 0 bridgehead atoms. The van der Waals surface area contributed by atoms with Crippen LogP contribution < -0.4 is 20.5 Å². The van der Waals surface area contributed by atoms with Gasteiger partial charge >= 0.3 is 7.82 Å². The molecule has 254 valence electrons. The van der Waals surface area contributed by atoms with Gasteiger partial charge in [0.15, 0.2) is 35.6 Å². The number of aliphatic hydroxyl groups excluding tert-OH is 3. The lowest BCUT2D eigenvalue weighted by Gasteiger charge is -2.26. The summed E-state index contributed by atoms with van der Waals surface area (Å²) in [4.78, 5) is 46.1. The van der Waals surface area contributed by atoms with Crippen molar-refractivity contribution in [1.82, 2.24) is 19.5 Å². The van der Waals surface area contributed by atoms with Crippen LogP contribution in [0.4, 0.5) is 10.2 Å². The van der Waals surface area contributed by atoms with Gasteiger partial charge in [-0.25, -0.2) is 28.2 Å². The average molecular weight is 703 g/mol. The van der Waals surface area contributed by atoms with Crippen molar-refractivity contribution in [1.29, 1.82) is 0 Å². The summed E-state index contributed by atoms with van der Waals surface area (Å²) < 4.78 is 66.2. The molecule has 2 aliphatic heterocycles. The number of carbonyl (C=O) groups excluding carboxylic acids is 1. The third kappa shape index (κ3) is 7.65. The number of aromatic nitrogens is 5. The first-order valence-electron chi connectivity index (χ1n) is 13.5. The molecular weight excluding hydrogens is 675 g/mol. The van der Waals surface area contributed by atoms with E-state index in [1.165, 1.54) is 35.6 Å². The number of ether oxygens (including phenoxy) is 2. The van der Waals surface area contributed by atoms with Crippen molar-refractivity contribution < 1.29 is 70.8 Å². The van der Waals surface area contributed by atoms with Crippen LogP contribution in [0.1, 0.15) is 22.8 Å². The average Bonchev–Trinajstić information content (AvgIpc) is 3.67. The van der Waals surface area contributed by atoms with Crippen LogP contribution in [0.25, 0.3) is 11.2 Å². The van der Waals surface area contributed by atoms with Gasteiger partial charge in [-0.1, -0.05) is 5.92 Å². The highest BCUT2D eigenvalue weighted by Crippen LogP contribution is 2.58. The summed E-state index contributed by atoms with van der Waals surface area (Å²) in [5.41, 5.74) is 5.65. The summed E-state index contributed by atoms with van der Waals surface area (Å²) in [6.07, 6.45) is -3.07. The van der Waals surface area contributed by atoms with Crippen molar-refractivity contribution in [2.75, 3.05) is 25.1 Å². The molecule has 2 fully saturated rings. The largest absolute Gasteiger partial charge is 0.756 e. The van der Waals surface area contributed by atoms with Crippen LogP contribution in [0.5, 0.6) is 0 Å². The number of amides is 1. The monoisotopic (exact) mass is 703 g/mol. The van der Waals surface area contributed by atoms with E-state index in [0.29, 0.717) is 0 Å². The predicted octanol–water partition coefficient (Wildman–Crippen LogP) is -2.21. The molecule has 2 saturated heterocycles. The van der Waals surface area contributed by atoms with Crippen molar-refractivity contribution in [2.24, 2.45) is 5.73 Å². The van der Waals surface area contributed by atoms with Crippen LogP contribution in [0.2, 0.25) is 0 Å². The summed E-state index contributed by atoms with van der Waals surface area (Å²) in [6, 6.07) is 2.72. The van der Waals surface area contributed by atoms with Crippen LogP contribution >= 0.6 is 15.6 Å².